The summed E-state index contributed by atoms with van der Waals surface area (Å²) in [6.45, 7) is 1.88. The molecule has 3 aromatic rings. The van der Waals surface area contributed by atoms with Crippen molar-refractivity contribution < 1.29 is 0 Å². The first-order valence-corrected chi connectivity index (χ1v) is 7.41. The van der Waals surface area contributed by atoms with Crippen LogP contribution >= 0.6 is 0 Å². The number of fused-ring (bicyclic) bond motifs is 1. The SMILES string of the molecule is Nc1nc(C2CCCN2Cc2cccnc2)nc2nc[nH]c12. The molecule has 0 aliphatic carbocycles. The fraction of sp³-hybridized carbons (Fsp3) is 0.333. The molecule has 0 amide bonds. The Labute approximate surface area is 127 Å². The van der Waals surface area contributed by atoms with Crippen LogP contribution in [0.15, 0.2) is 30.9 Å². The minimum absolute atomic E-state index is 0.184. The van der Waals surface area contributed by atoms with Crippen molar-refractivity contribution >= 4 is 17.0 Å². The first-order chi connectivity index (χ1) is 10.8. The molecule has 4 heterocycles. The standard InChI is InChI=1S/C15H17N7/c16-13-12-15(19-9-18-12)21-14(20-13)11-4-2-6-22(11)8-10-3-1-5-17-7-10/h1,3,5,7,9,11H,2,4,6,8H2,(H3,16,18,19,20,21). The van der Waals surface area contributed by atoms with E-state index >= 15 is 0 Å². The third kappa shape index (κ3) is 2.29. The summed E-state index contributed by atoms with van der Waals surface area (Å²) in [5.41, 5.74) is 8.56. The number of nitrogen functional groups attached to an aromatic ring is 1. The number of aromatic amines is 1. The van der Waals surface area contributed by atoms with E-state index in [0.717, 1.165) is 31.8 Å². The predicted molar refractivity (Wildman–Crippen MR) is 82.7 cm³/mol. The van der Waals surface area contributed by atoms with Crippen LogP contribution in [0.2, 0.25) is 0 Å². The number of imidazole rings is 1. The number of nitrogens with zero attached hydrogens (tertiary/aromatic N) is 5. The van der Waals surface area contributed by atoms with Gasteiger partial charge in [-0.15, -0.1) is 0 Å². The Morgan fingerprint density at radius 3 is 3.18 bits per heavy atom. The van der Waals surface area contributed by atoms with Gasteiger partial charge in [-0.1, -0.05) is 6.07 Å². The average molecular weight is 295 g/mol. The molecule has 1 aliphatic rings. The highest BCUT2D eigenvalue weighted by Crippen LogP contribution is 2.32. The predicted octanol–water partition coefficient (Wildman–Crippen LogP) is 1.67. The third-order valence-corrected chi connectivity index (χ3v) is 4.10. The molecule has 7 heteroatoms. The first-order valence-electron chi connectivity index (χ1n) is 7.41. The molecular formula is C15H17N7. The fourth-order valence-corrected chi connectivity index (χ4v) is 3.06. The molecule has 3 aromatic heterocycles. The van der Waals surface area contributed by atoms with Gasteiger partial charge >= 0.3 is 0 Å². The van der Waals surface area contributed by atoms with Gasteiger partial charge in [-0.3, -0.25) is 9.88 Å². The van der Waals surface area contributed by atoms with Crippen LogP contribution in [0.25, 0.3) is 11.2 Å². The fourth-order valence-electron chi connectivity index (χ4n) is 3.06. The zero-order chi connectivity index (χ0) is 14.9. The minimum atomic E-state index is 0.184. The second-order valence-corrected chi connectivity index (χ2v) is 5.56. The summed E-state index contributed by atoms with van der Waals surface area (Å²) in [6.07, 6.45) is 7.46. The number of nitrogens with two attached hydrogens (primary N) is 1. The maximum absolute atomic E-state index is 6.02. The van der Waals surface area contributed by atoms with Crippen molar-refractivity contribution in [2.24, 2.45) is 0 Å². The Bertz CT molecular complexity index is 783. The topological polar surface area (TPSA) is 96.6 Å². The molecule has 1 saturated heterocycles. The lowest BCUT2D eigenvalue weighted by Crippen LogP contribution is -2.24. The summed E-state index contributed by atoms with van der Waals surface area (Å²) < 4.78 is 0. The monoisotopic (exact) mass is 295 g/mol. The largest absolute Gasteiger partial charge is 0.382 e. The van der Waals surface area contributed by atoms with Crippen molar-refractivity contribution in [3.8, 4) is 0 Å². The van der Waals surface area contributed by atoms with Crippen molar-refractivity contribution in [3.05, 3.63) is 42.2 Å². The van der Waals surface area contributed by atoms with E-state index in [-0.39, 0.29) is 6.04 Å². The molecule has 3 N–H and O–H groups in total. The van der Waals surface area contributed by atoms with E-state index in [0.29, 0.717) is 17.0 Å². The van der Waals surface area contributed by atoms with E-state index in [1.54, 1.807) is 12.5 Å². The van der Waals surface area contributed by atoms with Gasteiger partial charge in [-0.05, 0) is 31.0 Å². The van der Waals surface area contributed by atoms with Gasteiger partial charge in [0.05, 0.1) is 12.4 Å². The van der Waals surface area contributed by atoms with E-state index in [9.17, 15) is 0 Å². The van der Waals surface area contributed by atoms with Gasteiger partial charge in [-0.2, -0.15) is 0 Å². The molecular weight excluding hydrogens is 278 g/mol. The minimum Gasteiger partial charge on any atom is -0.382 e. The molecule has 0 spiro atoms. The summed E-state index contributed by atoms with van der Waals surface area (Å²) in [7, 11) is 0. The number of likely N-dealkylation sites (tertiary alicyclic amines) is 1. The number of hydrogen-bond acceptors (Lipinski definition) is 6. The van der Waals surface area contributed by atoms with Crippen LogP contribution in [0.4, 0.5) is 5.82 Å². The Morgan fingerprint density at radius 2 is 2.32 bits per heavy atom. The normalized spacial score (nSPS) is 19.0. The van der Waals surface area contributed by atoms with Crippen LogP contribution in [0.3, 0.4) is 0 Å². The molecule has 4 rings (SSSR count). The van der Waals surface area contributed by atoms with Crippen LogP contribution in [0.5, 0.6) is 0 Å². The summed E-state index contributed by atoms with van der Waals surface area (Å²) in [5.74, 6) is 1.23. The highest BCUT2D eigenvalue weighted by molar-refractivity contribution is 5.80. The molecule has 0 saturated carbocycles. The molecule has 0 bridgehead atoms. The van der Waals surface area contributed by atoms with Gasteiger partial charge in [0.2, 0.25) is 0 Å². The Kier molecular flexibility index (Phi) is 3.19. The quantitative estimate of drug-likeness (QED) is 0.763. The Balaban J connectivity index is 1.64. The average Bonchev–Trinajstić information content (AvgIpc) is 3.17. The first kappa shape index (κ1) is 13.1. The zero-order valence-electron chi connectivity index (χ0n) is 12.1. The van der Waals surface area contributed by atoms with Crippen LogP contribution in [-0.2, 0) is 6.54 Å². The molecule has 7 nitrogen and oxygen atoms in total. The van der Waals surface area contributed by atoms with Crippen molar-refractivity contribution in [2.45, 2.75) is 25.4 Å². The molecule has 0 radical (unpaired) electrons. The lowest BCUT2D eigenvalue weighted by Gasteiger charge is -2.23. The maximum Gasteiger partial charge on any atom is 0.183 e. The van der Waals surface area contributed by atoms with Gasteiger partial charge in [0.25, 0.3) is 0 Å². The van der Waals surface area contributed by atoms with Crippen LogP contribution in [0, 0.1) is 0 Å². The van der Waals surface area contributed by atoms with Gasteiger partial charge < -0.3 is 10.7 Å². The van der Waals surface area contributed by atoms with Crippen molar-refractivity contribution in [3.63, 3.8) is 0 Å². The van der Waals surface area contributed by atoms with E-state index in [1.807, 2.05) is 12.3 Å². The number of rotatable bonds is 3. The van der Waals surface area contributed by atoms with Crippen LogP contribution < -0.4 is 5.73 Å². The van der Waals surface area contributed by atoms with Crippen LogP contribution in [0.1, 0.15) is 30.3 Å². The van der Waals surface area contributed by atoms with E-state index in [4.69, 9.17) is 5.73 Å². The summed E-state index contributed by atoms with van der Waals surface area (Å²) in [5, 5.41) is 0. The van der Waals surface area contributed by atoms with Crippen molar-refractivity contribution in [1.29, 1.82) is 0 Å². The molecule has 1 unspecified atom stereocenters. The number of H-pyrrole nitrogens is 1. The highest BCUT2D eigenvalue weighted by atomic mass is 15.2. The van der Waals surface area contributed by atoms with E-state index < -0.39 is 0 Å². The molecule has 22 heavy (non-hydrogen) atoms. The molecule has 1 aliphatic heterocycles. The van der Waals surface area contributed by atoms with Gasteiger partial charge in [-0.25, -0.2) is 15.0 Å². The van der Waals surface area contributed by atoms with Crippen LogP contribution in [-0.4, -0.2) is 36.4 Å². The lowest BCUT2D eigenvalue weighted by atomic mass is 10.2. The highest BCUT2D eigenvalue weighted by Gasteiger charge is 2.29. The smallest absolute Gasteiger partial charge is 0.183 e. The van der Waals surface area contributed by atoms with E-state index in [2.05, 4.69) is 35.9 Å². The summed E-state index contributed by atoms with van der Waals surface area (Å²) >= 11 is 0. The van der Waals surface area contributed by atoms with Crippen molar-refractivity contribution in [1.82, 2.24) is 29.8 Å². The number of nitrogens with one attached hydrogen (secondary N) is 1. The number of aromatic nitrogens is 5. The zero-order valence-corrected chi connectivity index (χ0v) is 12.1. The third-order valence-electron chi connectivity index (χ3n) is 4.10. The lowest BCUT2D eigenvalue weighted by molar-refractivity contribution is 0.240. The van der Waals surface area contributed by atoms with Gasteiger partial charge in [0.1, 0.15) is 5.52 Å². The Morgan fingerprint density at radius 1 is 1.36 bits per heavy atom. The number of anilines is 1. The second kappa shape index (κ2) is 5.34. The molecule has 1 atom stereocenters. The maximum atomic E-state index is 6.02. The van der Waals surface area contributed by atoms with Gasteiger partial charge in [0, 0.05) is 18.9 Å². The summed E-state index contributed by atoms with van der Waals surface area (Å²) in [6, 6.07) is 4.24. The number of hydrogen-bond donors (Lipinski definition) is 2. The number of pyridine rings is 1. The molecule has 0 aromatic carbocycles. The Hall–Kier alpha value is -2.54. The second-order valence-electron chi connectivity index (χ2n) is 5.56. The van der Waals surface area contributed by atoms with Crippen molar-refractivity contribution in [2.75, 3.05) is 12.3 Å². The molecule has 112 valence electrons. The molecule has 1 fully saturated rings. The van der Waals surface area contributed by atoms with E-state index in [1.165, 1.54) is 5.56 Å². The van der Waals surface area contributed by atoms with Gasteiger partial charge in [0.15, 0.2) is 17.3 Å². The summed E-state index contributed by atoms with van der Waals surface area (Å²) in [4.78, 5) is 22.8.